The second kappa shape index (κ2) is 48.4. The highest BCUT2D eigenvalue weighted by molar-refractivity contribution is 8.76. The van der Waals surface area contributed by atoms with Gasteiger partial charge in [-0.1, -0.05) is 154 Å². The molecule has 2 unspecified atom stereocenters. The second-order valence-electron chi connectivity index (χ2n) is 10.9. The quantitative estimate of drug-likeness (QED) is 0.0695. The molecule has 1 aliphatic heterocycles. The van der Waals surface area contributed by atoms with Crippen molar-refractivity contribution in [1.82, 2.24) is 10.6 Å². The van der Waals surface area contributed by atoms with Gasteiger partial charge >= 0.3 is 0 Å². The van der Waals surface area contributed by atoms with Crippen molar-refractivity contribution < 1.29 is 19.0 Å². The minimum atomic E-state index is 0.0104. The van der Waals surface area contributed by atoms with E-state index in [0.29, 0.717) is 32.8 Å². The predicted molar refractivity (Wildman–Crippen MR) is 207 cm³/mol. The summed E-state index contributed by atoms with van der Waals surface area (Å²) < 4.78 is 17.2. The van der Waals surface area contributed by atoms with Crippen molar-refractivity contribution in [3.05, 3.63) is 0 Å². The molecule has 1 rings (SSSR count). The number of rotatable bonds is 26. The first kappa shape index (κ1) is 51.8. The fraction of sp³-hybridized carbons (Fsp3) is 0.973. The normalized spacial score (nSPS) is 15.0. The van der Waals surface area contributed by atoms with Crippen molar-refractivity contribution in [3.63, 3.8) is 0 Å². The van der Waals surface area contributed by atoms with Gasteiger partial charge in [0.2, 0.25) is 5.91 Å². The maximum absolute atomic E-state index is 12.0. The predicted octanol–water partition coefficient (Wildman–Crippen LogP) is 10.9. The largest absolute Gasteiger partial charge is 0.376 e. The van der Waals surface area contributed by atoms with Crippen molar-refractivity contribution >= 4 is 27.5 Å². The molecule has 1 amide bonds. The molecule has 1 saturated heterocycles. The van der Waals surface area contributed by atoms with E-state index in [0.717, 1.165) is 12.2 Å². The van der Waals surface area contributed by atoms with Crippen LogP contribution in [0.5, 0.6) is 0 Å². The van der Waals surface area contributed by atoms with Crippen LogP contribution in [-0.2, 0) is 19.0 Å². The molecule has 8 heteroatoms. The van der Waals surface area contributed by atoms with Crippen molar-refractivity contribution in [2.75, 3.05) is 52.0 Å². The molecule has 0 radical (unpaired) electrons. The van der Waals surface area contributed by atoms with E-state index in [1.54, 1.807) is 0 Å². The van der Waals surface area contributed by atoms with Crippen molar-refractivity contribution in [3.8, 4) is 0 Å². The number of carbonyl (C=O) groups excluding carboxylic acids is 1. The van der Waals surface area contributed by atoms with E-state index in [9.17, 15) is 4.79 Å². The molecule has 0 spiro atoms. The van der Waals surface area contributed by atoms with Crippen LogP contribution in [0.1, 0.15) is 165 Å². The highest BCUT2D eigenvalue weighted by Gasteiger charge is 2.30. The van der Waals surface area contributed by atoms with Crippen LogP contribution < -0.4 is 10.6 Å². The van der Waals surface area contributed by atoms with Gasteiger partial charge < -0.3 is 24.8 Å². The summed E-state index contributed by atoms with van der Waals surface area (Å²) in [5.74, 6) is 2.23. The van der Waals surface area contributed by atoms with Crippen LogP contribution in [0.3, 0.4) is 0 Å². The molecule has 45 heavy (non-hydrogen) atoms. The number of carbonyl (C=O) groups is 1. The number of hydrogen-bond donors (Lipinski definition) is 2. The van der Waals surface area contributed by atoms with E-state index in [4.69, 9.17) is 14.2 Å². The summed E-state index contributed by atoms with van der Waals surface area (Å²) in [7, 11) is 7.51. The molecule has 0 saturated carbocycles. The number of nitrogens with one attached hydrogen (secondary N) is 2. The first-order valence-corrected chi connectivity index (χ1v) is 21.5. The maximum Gasteiger partial charge on any atom is 0.220 e. The van der Waals surface area contributed by atoms with Gasteiger partial charge in [0.05, 0.1) is 19.3 Å². The Morgan fingerprint density at radius 1 is 0.711 bits per heavy atom. The minimum absolute atomic E-state index is 0.0104. The van der Waals surface area contributed by atoms with Gasteiger partial charge in [0.15, 0.2) is 0 Å². The van der Waals surface area contributed by atoms with Gasteiger partial charge in [-0.15, -0.1) is 0 Å². The third-order valence-electron chi connectivity index (χ3n) is 6.48. The van der Waals surface area contributed by atoms with Gasteiger partial charge in [-0.05, 0) is 40.8 Å². The van der Waals surface area contributed by atoms with E-state index < -0.39 is 0 Å². The summed E-state index contributed by atoms with van der Waals surface area (Å²) >= 11 is 0. The second-order valence-corrected chi connectivity index (χ2v) is 13.6. The van der Waals surface area contributed by atoms with Gasteiger partial charge in [-0.25, -0.2) is 0 Å². The van der Waals surface area contributed by atoms with Crippen LogP contribution in [-0.4, -0.2) is 76.2 Å². The average Bonchev–Trinajstić information content (AvgIpc) is 3.49. The zero-order chi connectivity index (χ0) is 34.8. The Labute approximate surface area is 291 Å². The topological polar surface area (TPSA) is 68.8 Å². The van der Waals surface area contributed by atoms with Gasteiger partial charge in [0.25, 0.3) is 0 Å². The summed E-state index contributed by atoms with van der Waals surface area (Å²) in [6.45, 7) is 20.8. The molecule has 2 atom stereocenters. The van der Waals surface area contributed by atoms with Crippen LogP contribution in [0.2, 0.25) is 0 Å². The molecule has 2 N–H and O–H groups in total. The molecule has 276 valence electrons. The molecule has 1 fully saturated rings. The monoisotopic (exact) mass is 683 g/mol. The van der Waals surface area contributed by atoms with Crippen LogP contribution in [0.25, 0.3) is 0 Å². The van der Waals surface area contributed by atoms with Crippen LogP contribution in [0.4, 0.5) is 0 Å². The molecule has 6 nitrogen and oxygen atoms in total. The third-order valence-corrected chi connectivity index (χ3v) is 8.97. The molecular formula is C37H82N2O4S2. The van der Waals surface area contributed by atoms with Gasteiger partial charge in [0.1, 0.15) is 12.2 Å². The highest BCUT2D eigenvalue weighted by Crippen LogP contribution is 2.24. The Morgan fingerprint density at radius 3 is 1.64 bits per heavy atom. The van der Waals surface area contributed by atoms with Crippen LogP contribution >= 0.6 is 21.6 Å². The fourth-order valence-corrected chi connectivity index (χ4v) is 6.51. The summed E-state index contributed by atoms with van der Waals surface area (Å²) in [5.41, 5.74) is 0. The van der Waals surface area contributed by atoms with Gasteiger partial charge in [-0.2, -0.15) is 0 Å². The van der Waals surface area contributed by atoms with Crippen LogP contribution in [0.15, 0.2) is 0 Å². The van der Waals surface area contributed by atoms with E-state index in [-0.39, 0.29) is 24.2 Å². The number of hydrogen-bond acceptors (Lipinski definition) is 7. The smallest absolute Gasteiger partial charge is 0.220 e. The Kier molecular flexibility index (Phi) is 55.8. The summed E-state index contributed by atoms with van der Waals surface area (Å²) in [4.78, 5) is 12.0. The molecule has 0 bridgehead atoms. The Hall–Kier alpha value is 0.01000. The lowest BCUT2D eigenvalue weighted by atomic mass is 10.0. The van der Waals surface area contributed by atoms with E-state index in [1.165, 1.54) is 95.6 Å². The zero-order valence-corrected chi connectivity index (χ0v) is 33.9. The molecule has 1 heterocycles. The van der Waals surface area contributed by atoms with Crippen molar-refractivity contribution in [1.29, 1.82) is 0 Å². The van der Waals surface area contributed by atoms with Crippen LogP contribution in [0, 0.1) is 0 Å². The number of unbranched alkanes of at least 4 members (excludes halogenated alkanes) is 13. The summed E-state index contributed by atoms with van der Waals surface area (Å²) in [5, 5.41) is 5.75. The first-order valence-electron chi connectivity index (χ1n) is 19.0. The number of ether oxygens (including phenoxy) is 3. The standard InChI is InChI=1S/C29H57NO4S2.C2H7N.3C2H6/c1-4-5-6-7-8-9-10-11-12-13-14-15-16-17-22-35-36-23-19-29(31)30-20-18-21-33-27-24-32-25-28(27)34-26(2)3;1-3-2;3*1-2/h26-28H,4-25H2,1-3H3,(H,30,31);3H,1-2H3;3*1-2H3. The Balaban J connectivity index is -0.000000844. The van der Waals surface area contributed by atoms with Crippen molar-refractivity contribution in [2.45, 2.75) is 183 Å². The van der Waals surface area contributed by atoms with Gasteiger partial charge in [0, 0.05) is 31.1 Å². The van der Waals surface area contributed by atoms with Crippen molar-refractivity contribution in [2.24, 2.45) is 0 Å². The van der Waals surface area contributed by atoms with Gasteiger partial charge in [-0.3, -0.25) is 4.79 Å². The Morgan fingerprint density at radius 2 is 1.16 bits per heavy atom. The molecule has 1 aliphatic rings. The lowest BCUT2D eigenvalue weighted by Crippen LogP contribution is -2.33. The first-order chi connectivity index (χ1) is 22.0. The molecule has 0 aromatic heterocycles. The number of amides is 1. The molecule has 0 aromatic carbocycles. The average molecular weight is 683 g/mol. The molecule has 0 aromatic rings. The zero-order valence-electron chi connectivity index (χ0n) is 32.2. The highest BCUT2D eigenvalue weighted by atomic mass is 33.1. The Bertz CT molecular complexity index is 517. The lowest BCUT2D eigenvalue weighted by Gasteiger charge is -2.21. The van der Waals surface area contributed by atoms with E-state index in [1.807, 2.05) is 91.1 Å². The lowest BCUT2D eigenvalue weighted by molar-refractivity contribution is -0.120. The summed E-state index contributed by atoms with van der Waals surface area (Å²) in [6.07, 6.45) is 21.3. The fourth-order valence-electron chi connectivity index (χ4n) is 4.38. The SMILES string of the molecule is CC.CC.CC.CCCCCCCCCCCCCCCCSSCCC(=O)NCCCOC1COCC1OC(C)C.CNC. The minimum Gasteiger partial charge on any atom is -0.376 e. The molecule has 0 aliphatic carbocycles. The maximum atomic E-state index is 12.0. The third kappa shape index (κ3) is 44.0. The van der Waals surface area contributed by atoms with E-state index >= 15 is 0 Å². The molecular weight excluding hydrogens is 601 g/mol. The summed E-state index contributed by atoms with van der Waals surface area (Å²) in [6, 6.07) is 0. The van der Waals surface area contributed by atoms with E-state index in [2.05, 4.69) is 17.6 Å².